The molecule has 0 saturated carbocycles. The van der Waals surface area contributed by atoms with Gasteiger partial charge in [-0.2, -0.15) is 0 Å². The van der Waals surface area contributed by atoms with Gasteiger partial charge in [-0.05, 0) is 18.2 Å². The van der Waals surface area contributed by atoms with Gasteiger partial charge in [0.05, 0.1) is 20.1 Å². The molecule has 0 spiro atoms. The topological polar surface area (TPSA) is 13.1 Å². The monoisotopic (exact) mass is 338 g/mol. The van der Waals surface area contributed by atoms with Crippen LogP contribution < -0.4 is 0 Å². The average Bonchev–Trinajstić information content (AvgIpc) is 2.72. The summed E-state index contributed by atoms with van der Waals surface area (Å²) in [5.74, 6) is 0. The maximum atomic E-state index is 6.16. The van der Waals surface area contributed by atoms with Crippen molar-refractivity contribution in [1.82, 2.24) is 0 Å². The summed E-state index contributed by atoms with van der Waals surface area (Å²) < 4.78 is 5.64. The van der Waals surface area contributed by atoms with Gasteiger partial charge >= 0.3 is 0 Å². The predicted molar refractivity (Wildman–Crippen MR) is 78.8 cm³/mol. The van der Waals surface area contributed by atoms with Gasteiger partial charge in [0, 0.05) is 10.8 Å². The fraction of sp³-hybridized carbons (Fsp3) is 0. The highest BCUT2D eigenvalue weighted by Gasteiger charge is 2.18. The van der Waals surface area contributed by atoms with Crippen molar-refractivity contribution in [3.8, 4) is 0 Å². The first-order chi connectivity index (χ1) is 8.50. The first-order valence-corrected chi connectivity index (χ1v) is 6.73. The first kappa shape index (κ1) is 12.7. The van der Waals surface area contributed by atoms with Gasteiger partial charge in [0.1, 0.15) is 5.02 Å². The minimum atomic E-state index is 0.247. The van der Waals surface area contributed by atoms with Gasteiger partial charge in [0.25, 0.3) is 0 Å². The van der Waals surface area contributed by atoms with Gasteiger partial charge in [-0.15, -0.1) is 0 Å². The Morgan fingerprint density at radius 1 is 0.722 bits per heavy atom. The van der Waals surface area contributed by atoms with E-state index in [1.54, 1.807) is 18.2 Å². The minimum absolute atomic E-state index is 0.247. The van der Waals surface area contributed by atoms with Gasteiger partial charge in [0.15, 0.2) is 11.2 Å². The first-order valence-electron chi connectivity index (χ1n) is 4.84. The number of hydrogen-bond donors (Lipinski definition) is 0. The third-order valence-electron chi connectivity index (χ3n) is 2.65. The Morgan fingerprint density at radius 2 is 1.39 bits per heavy atom. The summed E-state index contributed by atoms with van der Waals surface area (Å²) in [6.07, 6.45) is 0. The molecule has 6 heteroatoms. The lowest BCUT2D eigenvalue weighted by Gasteiger charge is -1.99. The van der Waals surface area contributed by atoms with Crippen LogP contribution in [-0.2, 0) is 0 Å². The standard InChI is InChI=1S/C12H3Cl5O/c13-5-1-2-6(14)12-8(5)4-3-7(15)9(16)10(17)11(4)18-12/h1-3H. The summed E-state index contributed by atoms with van der Waals surface area (Å²) in [6, 6.07) is 5.02. The second-order valence-corrected chi connectivity index (χ2v) is 5.68. The Labute approximate surface area is 127 Å². The van der Waals surface area contributed by atoms with Crippen LogP contribution in [0.3, 0.4) is 0 Å². The van der Waals surface area contributed by atoms with Crippen LogP contribution in [0.15, 0.2) is 22.6 Å². The van der Waals surface area contributed by atoms with Crippen molar-refractivity contribution < 1.29 is 4.42 Å². The molecule has 0 N–H and O–H groups in total. The van der Waals surface area contributed by atoms with Gasteiger partial charge in [-0.25, -0.2) is 0 Å². The van der Waals surface area contributed by atoms with Crippen LogP contribution in [0, 0.1) is 0 Å². The minimum Gasteiger partial charge on any atom is -0.453 e. The Morgan fingerprint density at radius 3 is 2.11 bits per heavy atom. The van der Waals surface area contributed by atoms with Gasteiger partial charge in [-0.3, -0.25) is 0 Å². The zero-order valence-electron chi connectivity index (χ0n) is 8.53. The van der Waals surface area contributed by atoms with E-state index in [-0.39, 0.29) is 10.0 Å². The van der Waals surface area contributed by atoms with Crippen molar-refractivity contribution >= 4 is 79.9 Å². The van der Waals surface area contributed by atoms with E-state index in [4.69, 9.17) is 62.4 Å². The molecule has 18 heavy (non-hydrogen) atoms. The van der Waals surface area contributed by atoms with E-state index >= 15 is 0 Å². The van der Waals surface area contributed by atoms with Crippen LogP contribution in [0.1, 0.15) is 0 Å². The lowest BCUT2D eigenvalue weighted by molar-refractivity contribution is 0.669. The molecule has 92 valence electrons. The molecule has 0 aliphatic heterocycles. The van der Waals surface area contributed by atoms with Crippen LogP contribution in [0.4, 0.5) is 0 Å². The molecule has 3 rings (SSSR count). The molecule has 0 bridgehead atoms. The molecule has 0 radical (unpaired) electrons. The molecule has 1 nitrogen and oxygen atoms in total. The van der Waals surface area contributed by atoms with Crippen molar-refractivity contribution in [2.24, 2.45) is 0 Å². The van der Waals surface area contributed by atoms with Crippen molar-refractivity contribution in [2.75, 3.05) is 0 Å². The van der Waals surface area contributed by atoms with E-state index < -0.39 is 0 Å². The van der Waals surface area contributed by atoms with Crippen LogP contribution in [0.2, 0.25) is 25.1 Å². The quantitative estimate of drug-likeness (QED) is 0.408. The number of furan rings is 1. The molecule has 0 aliphatic carbocycles. The third kappa shape index (κ3) is 1.70. The normalized spacial score (nSPS) is 11.6. The molecule has 0 fully saturated rings. The maximum Gasteiger partial charge on any atom is 0.155 e. The molecule has 0 aliphatic rings. The molecule has 1 heterocycles. The van der Waals surface area contributed by atoms with Crippen molar-refractivity contribution in [2.45, 2.75) is 0 Å². The van der Waals surface area contributed by atoms with Crippen molar-refractivity contribution in [1.29, 1.82) is 0 Å². The number of fused-ring (bicyclic) bond motifs is 3. The Hall–Kier alpha value is -0.310. The van der Waals surface area contributed by atoms with Crippen LogP contribution in [-0.4, -0.2) is 0 Å². The lowest BCUT2D eigenvalue weighted by Crippen LogP contribution is -1.74. The van der Waals surface area contributed by atoms with E-state index in [0.717, 1.165) is 0 Å². The van der Waals surface area contributed by atoms with E-state index in [2.05, 4.69) is 0 Å². The van der Waals surface area contributed by atoms with Crippen molar-refractivity contribution in [3.63, 3.8) is 0 Å². The summed E-state index contributed by atoms with van der Waals surface area (Å²) in [7, 11) is 0. The van der Waals surface area contributed by atoms with Crippen LogP contribution >= 0.6 is 58.0 Å². The summed E-state index contributed by atoms with van der Waals surface area (Å²) in [5, 5.41) is 3.18. The molecular weight excluding hydrogens is 337 g/mol. The molecule has 2 aromatic carbocycles. The van der Waals surface area contributed by atoms with E-state index in [1.165, 1.54) is 0 Å². The number of hydrogen-bond acceptors (Lipinski definition) is 1. The van der Waals surface area contributed by atoms with Gasteiger partial charge in [0.2, 0.25) is 0 Å². The highest BCUT2D eigenvalue weighted by molar-refractivity contribution is 6.51. The van der Waals surface area contributed by atoms with Crippen LogP contribution in [0.5, 0.6) is 0 Å². The summed E-state index contributed by atoms with van der Waals surface area (Å²) in [6.45, 7) is 0. The molecule has 0 saturated heterocycles. The smallest absolute Gasteiger partial charge is 0.155 e. The second kappa shape index (κ2) is 4.36. The van der Waals surface area contributed by atoms with Gasteiger partial charge in [-0.1, -0.05) is 58.0 Å². The maximum absolute atomic E-state index is 6.16. The molecule has 3 aromatic rings. The van der Waals surface area contributed by atoms with E-state index in [9.17, 15) is 0 Å². The largest absolute Gasteiger partial charge is 0.453 e. The Balaban J connectivity index is 2.65. The number of rotatable bonds is 0. The molecule has 0 amide bonds. The Kier molecular flexibility index (Phi) is 3.08. The predicted octanol–water partition coefficient (Wildman–Crippen LogP) is 6.85. The van der Waals surface area contributed by atoms with Crippen molar-refractivity contribution in [3.05, 3.63) is 43.3 Å². The van der Waals surface area contributed by atoms with E-state index in [1.807, 2.05) is 0 Å². The molecular formula is C12H3Cl5O. The van der Waals surface area contributed by atoms with E-state index in [0.29, 0.717) is 37.0 Å². The highest BCUT2D eigenvalue weighted by atomic mass is 35.5. The SMILES string of the molecule is Clc1cc2c(oc3c(Cl)ccc(Cl)c32)c(Cl)c1Cl. The number of benzene rings is 2. The zero-order valence-corrected chi connectivity index (χ0v) is 12.3. The fourth-order valence-electron chi connectivity index (χ4n) is 1.85. The Bertz CT molecular complexity index is 790. The fourth-order valence-corrected chi connectivity index (χ4v) is 2.93. The van der Waals surface area contributed by atoms with Crippen LogP contribution in [0.25, 0.3) is 21.9 Å². The molecule has 0 unspecified atom stereocenters. The number of halogens is 5. The summed E-state index contributed by atoms with van der Waals surface area (Å²) in [5.41, 5.74) is 0.899. The third-order valence-corrected chi connectivity index (χ3v) is 4.51. The summed E-state index contributed by atoms with van der Waals surface area (Å²) >= 11 is 30.3. The zero-order chi connectivity index (χ0) is 13.0. The highest BCUT2D eigenvalue weighted by Crippen LogP contribution is 2.44. The summed E-state index contributed by atoms with van der Waals surface area (Å²) in [4.78, 5) is 0. The lowest BCUT2D eigenvalue weighted by atomic mass is 10.1. The average molecular weight is 340 g/mol. The molecule has 1 aromatic heterocycles. The molecule has 0 atom stereocenters. The second-order valence-electron chi connectivity index (χ2n) is 3.70. The van der Waals surface area contributed by atoms with Gasteiger partial charge < -0.3 is 4.42 Å².